The van der Waals surface area contributed by atoms with E-state index in [1.54, 1.807) is 0 Å². The number of carbonyl (C=O) groups excluding carboxylic acids is 2. The van der Waals surface area contributed by atoms with Crippen LogP contribution >= 0.6 is 0 Å². The Morgan fingerprint density at radius 2 is 1.12 bits per heavy atom. The first kappa shape index (κ1) is 16.1. The summed E-state index contributed by atoms with van der Waals surface area (Å²) in [6.45, 7) is 11.7. The van der Waals surface area contributed by atoms with Crippen LogP contribution in [-0.2, 0) is 14.3 Å². The van der Waals surface area contributed by atoms with Crippen LogP contribution in [0, 0.1) is 0 Å². The molecule has 17 heavy (non-hydrogen) atoms. The molecule has 0 aromatic carbocycles. The first-order valence-electron chi connectivity index (χ1n) is 5.73. The van der Waals surface area contributed by atoms with Crippen molar-refractivity contribution in [2.75, 3.05) is 13.1 Å². The van der Waals surface area contributed by atoms with Crippen molar-refractivity contribution in [3.05, 3.63) is 0 Å². The highest BCUT2D eigenvalue weighted by molar-refractivity contribution is 5.87. The van der Waals surface area contributed by atoms with Crippen molar-refractivity contribution in [3.63, 3.8) is 0 Å². The van der Waals surface area contributed by atoms with Gasteiger partial charge in [0.2, 0.25) is 0 Å². The molecule has 5 heteroatoms. The largest absolute Gasteiger partial charge is 0.391 e. The maximum Gasteiger partial charge on any atom is 0.327 e. The van der Waals surface area contributed by atoms with Crippen molar-refractivity contribution in [2.24, 2.45) is 0 Å². The summed E-state index contributed by atoms with van der Waals surface area (Å²) in [4.78, 5) is 22.6. The Kier molecular flexibility index (Phi) is 5.78. The molecular formula is C12H24N2O3. The van der Waals surface area contributed by atoms with E-state index >= 15 is 0 Å². The molecule has 0 aromatic rings. The lowest BCUT2D eigenvalue weighted by atomic mass is 10.1. The SMILES string of the molecule is CC(C)(C)NCC(=O)OC(=O)CNC(C)(C)C. The molecule has 0 spiro atoms. The van der Waals surface area contributed by atoms with Crippen molar-refractivity contribution < 1.29 is 14.3 Å². The Labute approximate surface area is 103 Å². The highest BCUT2D eigenvalue weighted by atomic mass is 16.6. The molecule has 0 rings (SSSR count). The fourth-order valence-corrected chi connectivity index (χ4v) is 0.874. The summed E-state index contributed by atoms with van der Waals surface area (Å²) in [7, 11) is 0. The second-order valence-electron chi connectivity index (χ2n) is 6.05. The normalized spacial score (nSPS) is 12.4. The maximum atomic E-state index is 11.3. The van der Waals surface area contributed by atoms with Crippen LogP contribution < -0.4 is 10.6 Å². The molecule has 0 heterocycles. The summed E-state index contributed by atoms with van der Waals surface area (Å²) in [5.74, 6) is -1.11. The van der Waals surface area contributed by atoms with Gasteiger partial charge in [-0.05, 0) is 41.5 Å². The van der Waals surface area contributed by atoms with Crippen LogP contribution in [0.1, 0.15) is 41.5 Å². The van der Waals surface area contributed by atoms with Crippen LogP contribution in [0.4, 0.5) is 0 Å². The van der Waals surface area contributed by atoms with Gasteiger partial charge in [0.05, 0.1) is 13.1 Å². The first-order valence-corrected chi connectivity index (χ1v) is 5.73. The number of hydrogen-bond acceptors (Lipinski definition) is 5. The molecule has 0 aliphatic rings. The van der Waals surface area contributed by atoms with Crippen molar-refractivity contribution in [1.29, 1.82) is 0 Å². The van der Waals surface area contributed by atoms with Gasteiger partial charge in [0.15, 0.2) is 0 Å². The second kappa shape index (κ2) is 6.12. The van der Waals surface area contributed by atoms with E-state index in [-0.39, 0.29) is 24.2 Å². The van der Waals surface area contributed by atoms with E-state index in [2.05, 4.69) is 15.4 Å². The molecule has 0 unspecified atom stereocenters. The highest BCUT2D eigenvalue weighted by Crippen LogP contribution is 1.98. The van der Waals surface area contributed by atoms with Gasteiger partial charge >= 0.3 is 11.9 Å². The Balaban J connectivity index is 3.86. The minimum absolute atomic E-state index is 0.0325. The molecule has 5 nitrogen and oxygen atoms in total. The smallest absolute Gasteiger partial charge is 0.327 e. The molecule has 0 saturated carbocycles. The van der Waals surface area contributed by atoms with Gasteiger partial charge in [-0.25, -0.2) is 0 Å². The van der Waals surface area contributed by atoms with E-state index in [1.807, 2.05) is 41.5 Å². The van der Waals surface area contributed by atoms with Crippen LogP contribution in [-0.4, -0.2) is 36.1 Å². The third kappa shape index (κ3) is 11.3. The lowest BCUT2D eigenvalue weighted by molar-refractivity contribution is -0.158. The van der Waals surface area contributed by atoms with E-state index in [1.165, 1.54) is 0 Å². The third-order valence-corrected chi connectivity index (χ3v) is 1.75. The zero-order valence-electron chi connectivity index (χ0n) is 11.6. The van der Waals surface area contributed by atoms with Crippen molar-refractivity contribution >= 4 is 11.9 Å². The Hall–Kier alpha value is -0.940. The summed E-state index contributed by atoms with van der Waals surface area (Å²) in [5, 5.41) is 5.90. The summed E-state index contributed by atoms with van der Waals surface area (Å²) < 4.78 is 4.64. The maximum absolute atomic E-state index is 11.3. The first-order chi connectivity index (χ1) is 7.49. The molecule has 100 valence electrons. The molecule has 0 amide bonds. The number of nitrogens with one attached hydrogen (secondary N) is 2. The van der Waals surface area contributed by atoms with Gasteiger partial charge < -0.3 is 15.4 Å². The van der Waals surface area contributed by atoms with E-state index < -0.39 is 11.9 Å². The molecule has 0 fully saturated rings. The zero-order chi connectivity index (χ0) is 13.7. The summed E-state index contributed by atoms with van der Waals surface area (Å²) in [6, 6.07) is 0. The van der Waals surface area contributed by atoms with Crippen molar-refractivity contribution in [2.45, 2.75) is 52.6 Å². The van der Waals surface area contributed by atoms with Gasteiger partial charge in [-0.1, -0.05) is 0 Å². The number of carbonyl (C=O) groups is 2. The molecule has 0 bridgehead atoms. The minimum atomic E-state index is -0.555. The predicted octanol–water partition coefficient (Wildman–Crippen LogP) is 0.832. The summed E-state index contributed by atoms with van der Waals surface area (Å²) in [6.07, 6.45) is 0. The quantitative estimate of drug-likeness (QED) is 0.566. The number of hydrogen-bond donors (Lipinski definition) is 2. The number of rotatable bonds is 4. The monoisotopic (exact) mass is 244 g/mol. The molecule has 0 saturated heterocycles. The van der Waals surface area contributed by atoms with Crippen molar-refractivity contribution in [1.82, 2.24) is 10.6 Å². The molecule has 0 aromatic heterocycles. The topological polar surface area (TPSA) is 67.4 Å². The fourth-order valence-electron chi connectivity index (χ4n) is 0.874. The Morgan fingerprint density at radius 1 is 0.824 bits per heavy atom. The van der Waals surface area contributed by atoms with E-state index in [0.29, 0.717) is 0 Å². The van der Waals surface area contributed by atoms with Crippen LogP contribution in [0.2, 0.25) is 0 Å². The summed E-state index contributed by atoms with van der Waals surface area (Å²) >= 11 is 0. The Morgan fingerprint density at radius 3 is 1.35 bits per heavy atom. The molecule has 0 aliphatic carbocycles. The van der Waals surface area contributed by atoms with Gasteiger partial charge in [-0.15, -0.1) is 0 Å². The average molecular weight is 244 g/mol. The average Bonchev–Trinajstić information content (AvgIpc) is 2.09. The van der Waals surface area contributed by atoms with Gasteiger partial charge in [0, 0.05) is 11.1 Å². The highest BCUT2D eigenvalue weighted by Gasteiger charge is 2.16. The number of ether oxygens (including phenoxy) is 1. The Bertz CT molecular complexity index is 246. The van der Waals surface area contributed by atoms with E-state index in [0.717, 1.165) is 0 Å². The van der Waals surface area contributed by atoms with Gasteiger partial charge in [0.1, 0.15) is 0 Å². The standard InChI is InChI=1S/C12H24N2O3/c1-11(2,3)13-7-9(15)17-10(16)8-14-12(4,5)6/h13-14H,7-8H2,1-6H3. The lowest BCUT2D eigenvalue weighted by Crippen LogP contribution is -2.43. The van der Waals surface area contributed by atoms with E-state index in [4.69, 9.17) is 0 Å². The fraction of sp³-hybridized carbons (Fsp3) is 0.833. The summed E-state index contributed by atoms with van der Waals surface area (Å²) in [5.41, 5.74) is -0.350. The van der Waals surface area contributed by atoms with Gasteiger partial charge in [0.25, 0.3) is 0 Å². The molecule has 2 N–H and O–H groups in total. The van der Waals surface area contributed by atoms with Crippen molar-refractivity contribution in [3.8, 4) is 0 Å². The molecule has 0 atom stereocenters. The lowest BCUT2D eigenvalue weighted by Gasteiger charge is -2.20. The van der Waals surface area contributed by atoms with Gasteiger partial charge in [-0.3, -0.25) is 9.59 Å². The molecular weight excluding hydrogens is 220 g/mol. The number of esters is 2. The third-order valence-electron chi connectivity index (χ3n) is 1.75. The van der Waals surface area contributed by atoms with Crippen LogP contribution in [0.25, 0.3) is 0 Å². The van der Waals surface area contributed by atoms with Crippen LogP contribution in [0.5, 0.6) is 0 Å². The minimum Gasteiger partial charge on any atom is -0.391 e. The zero-order valence-corrected chi connectivity index (χ0v) is 11.6. The van der Waals surface area contributed by atoms with Crippen LogP contribution in [0.15, 0.2) is 0 Å². The van der Waals surface area contributed by atoms with Gasteiger partial charge in [-0.2, -0.15) is 0 Å². The molecule has 0 radical (unpaired) electrons. The van der Waals surface area contributed by atoms with Crippen LogP contribution in [0.3, 0.4) is 0 Å². The molecule has 0 aliphatic heterocycles. The predicted molar refractivity (Wildman–Crippen MR) is 66.6 cm³/mol. The van der Waals surface area contributed by atoms with E-state index in [9.17, 15) is 9.59 Å². The second-order valence-corrected chi connectivity index (χ2v) is 6.05.